The molecule has 1 unspecified atom stereocenters. The quantitative estimate of drug-likeness (QED) is 0.355. The van der Waals surface area contributed by atoms with Gasteiger partial charge < -0.3 is 19.9 Å². The van der Waals surface area contributed by atoms with Gasteiger partial charge in [-0.15, -0.1) is 24.0 Å². The number of methoxy groups -OCH3 is 1. The molecule has 1 aromatic carbocycles. The van der Waals surface area contributed by atoms with Crippen LogP contribution < -0.4 is 15.4 Å². The molecule has 0 radical (unpaired) electrons. The fourth-order valence-electron chi connectivity index (χ4n) is 3.18. The Bertz CT molecular complexity index is 739. The predicted molar refractivity (Wildman–Crippen MR) is 121 cm³/mol. The molecule has 0 amide bonds. The van der Waals surface area contributed by atoms with Gasteiger partial charge >= 0.3 is 0 Å². The summed E-state index contributed by atoms with van der Waals surface area (Å²) in [5.74, 6) is 2.88. The van der Waals surface area contributed by atoms with Gasteiger partial charge in [0.1, 0.15) is 11.5 Å². The standard InChI is InChI=1S/C20H30N4O2.HI/c1-13-7-8-18(25-6)17(11-13)9-10-22-20(21-5)23-12-14(2)19-15(3)24-26-16(19)4;/h7-8,11,14H,9-10,12H2,1-6H3,(H2,21,22,23);1H. The number of nitrogens with zero attached hydrogens (tertiary/aromatic N) is 2. The molecule has 1 aromatic heterocycles. The Kier molecular flexibility index (Phi) is 9.62. The molecule has 0 saturated heterocycles. The second kappa shape index (κ2) is 11.2. The Morgan fingerprint density at radius 2 is 2.00 bits per heavy atom. The van der Waals surface area contributed by atoms with E-state index in [4.69, 9.17) is 9.26 Å². The molecule has 2 rings (SSSR count). The summed E-state index contributed by atoms with van der Waals surface area (Å²) in [6.45, 7) is 9.71. The van der Waals surface area contributed by atoms with Crippen LogP contribution in [0.4, 0.5) is 0 Å². The van der Waals surface area contributed by atoms with Crippen molar-refractivity contribution >= 4 is 29.9 Å². The maximum absolute atomic E-state index is 5.44. The SMILES string of the molecule is CN=C(NCCc1cc(C)ccc1OC)NCC(C)c1c(C)noc1C.I. The third-order valence-electron chi connectivity index (χ3n) is 4.50. The van der Waals surface area contributed by atoms with Crippen LogP contribution in [0.1, 0.15) is 41.0 Å². The molecule has 27 heavy (non-hydrogen) atoms. The highest BCUT2D eigenvalue weighted by atomic mass is 127. The fourth-order valence-corrected chi connectivity index (χ4v) is 3.18. The van der Waals surface area contributed by atoms with Crippen LogP contribution in [0.15, 0.2) is 27.7 Å². The smallest absolute Gasteiger partial charge is 0.191 e. The van der Waals surface area contributed by atoms with Crippen LogP contribution in [0.3, 0.4) is 0 Å². The van der Waals surface area contributed by atoms with Gasteiger partial charge in [0.25, 0.3) is 0 Å². The van der Waals surface area contributed by atoms with E-state index >= 15 is 0 Å². The number of rotatable bonds is 7. The number of halogens is 1. The average Bonchev–Trinajstić information content (AvgIpc) is 2.96. The molecular formula is C20H31IN4O2. The largest absolute Gasteiger partial charge is 0.496 e. The third kappa shape index (κ3) is 6.41. The normalized spacial score (nSPS) is 12.3. The highest BCUT2D eigenvalue weighted by Gasteiger charge is 2.16. The molecule has 0 aliphatic carbocycles. The summed E-state index contributed by atoms with van der Waals surface area (Å²) in [4.78, 5) is 4.30. The highest BCUT2D eigenvalue weighted by molar-refractivity contribution is 14.0. The van der Waals surface area contributed by atoms with Gasteiger partial charge in [0.05, 0.1) is 12.8 Å². The molecule has 0 spiro atoms. The van der Waals surface area contributed by atoms with Crippen LogP contribution in [0, 0.1) is 20.8 Å². The summed E-state index contributed by atoms with van der Waals surface area (Å²) in [5.41, 5.74) is 4.54. The van der Waals surface area contributed by atoms with E-state index in [1.54, 1.807) is 14.2 Å². The molecule has 0 aliphatic rings. The molecule has 2 N–H and O–H groups in total. The van der Waals surface area contributed by atoms with Crippen molar-refractivity contribution in [1.82, 2.24) is 15.8 Å². The lowest BCUT2D eigenvalue weighted by atomic mass is 10.00. The summed E-state index contributed by atoms with van der Waals surface area (Å²) < 4.78 is 10.7. The molecule has 1 atom stereocenters. The van der Waals surface area contributed by atoms with E-state index in [2.05, 4.69) is 46.8 Å². The topological polar surface area (TPSA) is 71.7 Å². The van der Waals surface area contributed by atoms with Gasteiger partial charge in [0, 0.05) is 31.6 Å². The summed E-state index contributed by atoms with van der Waals surface area (Å²) in [6, 6.07) is 6.24. The lowest BCUT2D eigenvalue weighted by Gasteiger charge is -2.16. The first-order valence-corrected chi connectivity index (χ1v) is 8.97. The van der Waals surface area contributed by atoms with Gasteiger partial charge in [-0.1, -0.05) is 29.8 Å². The van der Waals surface area contributed by atoms with E-state index in [1.807, 2.05) is 19.9 Å². The Morgan fingerprint density at radius 1 is 1.26 bits per heavy atom. The van der Waals surface area contributed by atoms with Crippen LogP contribution in [-0.4, -0.2) is 38.4 Å². The Hall–Kier alpha value is -1.77. The minimum absolute atomic E-state index is 0. The van der Waals surface area contributed by atoms with Crippen LogP contribution in [0.2, 0.25) is 0 Å². The van der Waals surface area contributed by atoms with Crippen molar-refractivity contribution in [3.63, 3.8) is 0 Å². The number of hydrogen-bond acceptors (Lipinski definition) is 4. The predicted octanol–water partition coefficient (Wildman–Crippen LogP) is 3.74. The molecule has 0 fully saturated rings. The molecule has 150 valence electrons. The number of ether oxygens (including phenoxy) is 1. The summed E-state index contributed by atoms with van der Waals surface area (Å²) in [6.07, 6.45) is 0.866. The molecular weight excluding hydrogens is 455 g/mol. The molecule has 0 saturated carbocycles. The van der Waals surface area contributed by atoms with Crippen molar-refractivity contribution in [2.75, 3.05) is 27.2 Å². The first-order chi connectivity index (χ1) is 12.5. The van der Waals surface area contributed by atoms with Gasteiger partial charge in [0.15, 0.2) is 5.96 Å². The van der Waals surface area contributed by atoms with E-state index in [0.717, 1.165) is 48.2 Å². The zero-order valence-electron chi connectivity index (χ0n) is 17.0. The number of aryl methyl sites for hydroxylation is 3. The first-order valence-electron chi connectivity index (χ1n) is 8.97. The van der Waals surface area contributed by atoms with Crippen molar-refractivity contribution < 1.29 is 9.26 Å². The number of nitrogens with one attached hydrogen (secondary N) is 2. The Balaban J connectivity index is 0.00000364. The maximum Gasteiger partial charge on any atom is 0.191 e. The molecule has 2 aromatic rings. The molecule has 0 bridgehead atoms. The lowest BCUT2D eigenvalue weighted by Crippen LogP contribution is -2.40. The van der Waals surface area contributed by atoms with Gasteiger partial charge in [-0.05, 0) is 38.8 Å². The van der Waals surface area contributed by atoms with E-state index < -0.39 is 0 Å². The van der Waals surface area contributed by atoms with E-state index in [-0.39, 0.29) is 29.9 Å². The Labute approximate surface area is 179 Å². The second-order valence-electron chi connectivity index (χ2n) is 6.58. The number of benzene rings is 1. The molecule has 1 heterocycles. The minimum atomic E-state index is 0. The van der Waals surface area contributed by atoms with Crippen molar-refractivity contribution in [1.29, 1.82) is 0 Å². The van der Waals surface area contributed by atoms with Gasteiger partial charge in [0.2, 0.25) is 0 Å². The average molecular weight is 486 g/mol. The van der Waals surface area contributed by atoms with Crippen LogP contribution in [-0.2, 0) is 6.42 Å². The first kappa shape index (κ1) is 23.3. The minimum Gasteiger partial charge on any atom is -0.496 e. The number of hydrogen-bond donors (Lipinski definition) is 2. The molecule has 6 nitrogen and oxygen atoms in total. The lowest BCUT2D eigenvalue weighted by molar-refractivity contribution is 0.391. The fraction of sp³-hybridized carbons (Fsp3) is 0.500. The zero-order chi connectivity index (χ0) is 19.1. The number of aliphatic imine (C=N–C) groups is 1. The zero-order valence-corrected chi connectivity index (χ0v) is 19.4. The van der Waals surface area contributed by atoms with Crippen LogP contribution >= 0.6 is 24.0 Å². The summed E-state index contributed by atoms with van der Waals surface area (Å²) in [5, 5.41) is 10.8. The van der Waals surface area contributed by atoms with Crippen LogP contribution in [0.25, 0.3) is 0 Å². The maximum atomic E-state index is 5.44. The summed E-state index contributed by atoms with van der Waals surface area (Å²) in [7, 11) is 3.49. The number of guanidine groups is 1. The van der Waals surface area contributed by atoms with Crippen molar-refractivity contribution in [2.45, 2.75) is 40.0 Å². The Morgan fingerprint density at radius 3 is 2.59 bits per heavy atom. The van der Waals surface area contributed by atoms with Gasteiger partial charge in [-0.25, -0.2) is 0 Å². The van der Waals surface area contributed by atoms with Gasteiger partial charge in [-0.3, -0.25) is 4.99 Å². The number of aromatic nitrogens is 1. The highest BCUT2D eigenvalue weighted by Crippen LogP contribution is 2.22. The van der Waals surface area contributed by atoms with Crippen molar-refractivity contribution in [2.24, 2.45) is 4.99 Å². The van der Waals surface area contributed by atoms with Crippen molar-refractivity contribution in [3.05, 3.63) is 46.3 Å². The van der Waals surface area contributed by atoms with Crippen LogP contribution in [0.5, 0.6) is 5.75 Å². The van der Waals surface area contributed by atoms with E-state index in [9.17, 15) is 0 Å². The third-order valence-corrected chi connectivity index (χ3v) is 4.50. The van der Waals surface area contributed by atoms with Crippen molar-refractivity contribution in [3.8, 4) is 5.75 Å². The molecule has 7 heteroatoms. The molecule has 0 aliphatic heterocycles. The summed E-state index contributed by atoms with van der Waals surface area (Å²) >= 11 is 0. The van der Waals surface area contributed by atoms with E-state index in [1.165, 1.54) is 11.1 Å². The monoisotopic (exact) mass is 486 g/mol. The van der Waals surface area contributed by atoms with Gasteiger partial charge in [-0.2, -0.15) is 0 Å². The van der Waals surface area contributed by atoms with E-state index in [0.29, 0.717) is 0 Å². The second-order valence-corrected chi connectivity index (χ2v) is 6.58.